The summed E-state index contributed by atoms with van der Waals surface area (Å²) in [6, 6.07) is -7.63. The average Bonchev–Trinajstić information content (AvgIpc) is 3.79. The van der Waals surface area contributed by atoms with Crippen LogP contribution in [-0.2, 0) is 43.2 Å². The Labute approximate surface area is 293 Å². The number of amides is 7. The Morgan fingerprint density at radius 3 is 1.98 bits per heavy atom. The van der Waals surface area contributed by atoms with Crippen LogP contribution in [0.3, 0.4) is 0 Å². The second kappa shape index (κ2) is 20.7. The van der Waals surface area contributed by atoms with Crippen LogP contribution >= 0.6 is 0 Å². The Kier molecular flexibility index (Phi) is 17.2. The van der Waals surface area contributed by atoms with Crippen molar-refractivity contribution in [2.45, 2.75) is 94.5 Å². The molecular formula is C30H49N9O12. The van der Waals surface area contributed by atoms with E-state index in [1.807, 2.05) is 0 Å². The number of carboxylic acid groups (broad SMARTS) is 2. The van der Waals surface area contributed by atoms with E-state index in [0.717, 1.165) is 4.90 Å². The lowest BCUT2D eigenvalue weighted by molar-refractivity contribution is -0.149. The number of nitrogens with two attached hydrogens (primary N) is 2. The summed E-state index contributed by atoms with van der Waals surface area (Å²) in [7, 11) is 0. The summed E-state index contributed by atoms with van der Waals surface area (Å²) >= 11 is 0. The van der Waals surface area contributed by atoms with Crippen molar-refractivity contribution in [3.8, 4) is 0 Å². The molecule has 0 saturated carbocycles. The van der Waals surface area contributed by atoms with Crippen LogP contribution in [0.5, 0.6) is 0 Å². The molecule has 7 amide bonds. The quantitative estimate of drug-likeness (QED) is 0.0524. The molecule has 12 N–H and O–H groups in total. The van der Waals surface area contributed by atoms with Crippen LogP contribution in [0.1, 0.15) is 58.3 Å². The number of aliphatic hydroxyl groups is 1. The molecule has 0 aromatic heterocycles. The van der Waals surface area contributed by atoms with Crippen LogP contribution < -0.4 is 38.1 Å². The fourth-order valence-corrected chi connectivity index (χ4v) is 5.78. The molecule has 0 spiro atoms. The van der Waals surface area contributed by atoms with Crippen molar-refractivity contribution >= 4 is 53.3 Å². The molecule has 0 aromatic rings. The van der Waals surface area contributed by atoms with Gasteiger partial charge in [0.2, 0.25) is 41.4 Å². The number of carboxylic acids is 2. The third kappa shape index (κ3) is 12.7. The number of nitrogens with zero attached hydrogens (tertiary/aromatic N) is 2. The minimum atomic E-state index is -1.71. The molecule has 2 heterocycles. The SMILES string of the molecule is C[C@H](NC(=O)[C@H](CO)NC(=O)CNC(=O)[C@H](CC(=O)O)NC(=O)[C@H](CCCCN)NC(=O)[C@@H]1CCCN1C(=O)CN)C(=O)N1CCC[C@H]1C(=O)O. The second-order valence-corrected chi connectivity index (χ2v) is 12.2. The summed E-state index contributed by atoms with van der Waals surface area (Å²) < 4.78 is 0. The lowest BCUT2D eigenvalue weighted by Crippen LogP contribution is -2.58. The minimum Gasteiger partial charge on any atom is -0.481 e. The van der Waals surface area contributed by atoms with Gasteiger partial charge in [-0.2, -0.15) is 0 Å². The largest absolute Gasteiger partial charge is 0.481 e. The zero-order valence-electron chi connectivity index (χ0n) is 28.4. The number of hydrogen-bond donors (Lipinski definition) is 10. The highest BCUT2D eigenvalue weighted by atomic mass is 16.4. The number of aliphatic hydroxyl groups excluding tert-OH is 1. The fourth-order valence-electron chi connectivity index (χ4n) is 5.78. The number of likely N-dealkylation sites (tertiary alicyclic amines) is 2. The molecule has 21 nitrogen and oxygen atoms in total. The van der Waals surface area contributed by atoms with Crippen LogP contribution in [0.15, 0.2) is 0 Å². The topological polar surface area (TPSA) is 333 Å². The Hall–Kier alpha value is -4.89. The van der Waals surface area contributed by atoms with E-state index in [-0.39, 0.29) is 32.5 Å². The average molecular weight is 728 g/mol. The van der Waals surface area contributed by atoms with Crippen molar-refractivity contribution in [2.24, 2.45) is 11.5 Å². The van der Waals surface area contributed by atoms with E-state index < -0.39 is 109 Å². The summed E-state index contributed by atoms with van der Waals surface area (Å²) in [5, 5.41) is 39.9. The highest BCUT2D eigenvalue weighted by molar-refractivity contribution is 5.97. The molecule has 0 aromatic carbocycles. The molecule has 2 saturated heterocycles. The van der Waals surface area contributed by atoms with Crippen molar-refractivity contribution < 1.29 is 58.5 Å². The van der Waals surface area contributed by atoms with Gasteiger partial charge in [-0.1, -0.05) is 0 Å². The van der Waals surface area contributed by atoms with Crippen molar-refractivity contribution in [3.63, 3.8) is 0 Å². The van der Waals surface area contributed by atoms with Gasteiger partial charge in [0.05, 0.1) is 26.1 Å². The van der Waals surface area contributed by atoms with Gasteiger partial charge >= 0.3 is 11.9 Å². The van der Waals surface area contributed by atoms with Crippen molar-refractivity contribution in [2.75, 3.05) is 39.3 Å². The molecule has 2 aliphatic rings. The van der Waals surface area contributed by atoms with Gasteiger partial charge in [0.15, 0.2) is 0 Å². The zero-order valence-corrected chi connectivity index (χ0v) is 28.4. The fraction of sp³-hybridized carbons (Fsp3) is 0.700. The predicted octanol–water partition coefficient (Wildman–Crippen LogP) is -5.32. The number of unbranched alkanes of at least 4 members (excludes halogenated alkanes) is 1. The van der Waals surface area contributed by atoms with Crippen molar-refractivity contribution in [1.29, 1.82) is 0 Å². The smallest absolute Gasteiger partial charge is 0.326 e. The van der Waals surface area contributed by atoms with Gasteiger partial charge in [0, 0.05) is 13.1 Å². The zero-order chi connectivity index (χ0) is 38.2. The van der Waals surface area contributed by atoms with Crippen LogP contribution in [-0.4, -0.2) is 154 Å². The van der Waals surface area contributed by atoms with E-state index in [4.69, 9.17) is 11.5 Å². The molecule has 0 bridgehead atoms. The Morgan fingerprint density at radius 2 is 1.39 bits per heavy atom. The third-order valence-corrected chi connectivity index (χ3v) is 8.45. The molecule has 0 aliphatic carbocycles. The van der Waals surface area contributed by atoms with Gasteiger partial charge in [-0.25, -0.2) is 4.79 Å². The van der Waals surface area contributed by atoms with Gasteiger partial charge in [0.1, 0.15) is 36.3 Å². The summed E-state index contributed by atoms with van der Waals surface area (Å²) in [4.78, 5) is 115. The van der Waals surface area contributed by atoms with Crippen LogP contribution in [0, 0.1) is 0 Å². The molecule has 21 heteroatoms. The Bertz CT molecular complexity index is 1310. The molecule has 0 radical (unpaired) electrons. The van der Waals surface area contributed by atoms with E-state index in [2.05, 4.69) is 26.6 Å². The van der Waals surface area contributed by atoms with Gasteiger partial charge in [-0.15, -0.1) is 0 Å². The van der Waals surface area contributed by atoms with Gasteiger partial charge in [0.25, 0.3) is 0 Å². The van der Waals surface area contributed by atoms with Gasteiger partial charge in [-0.05, 0) is 58.4 Å². The van der Waals surface area contributed by atoms with Crippen LogP contribution in [0.25, 0.3) is 0 Å². The summed E-state index contributed by atoms with van der Waals surface area (Å²) in [6.07, 6.45) is 1.63. The normalized spacial score (nSPS) is 19.2. The highest BCUT2D eigenvalue weighted by Crippen LogP contribution is 2.19. The molecule has 51 heavy (non-hydrogen) atoms. The first kappa shape index (κ1) is 42.3. The lowest BCUT2D eigenvalue weighted by atomic mass is 10.1. The first-order valence-corrected chi connectivity index (χ1v) is 16.7. The highest BCUT2D eigenvalue weighted by Gasteiger charge is 2.38. The first-order chi connectivity index (χ1) is 24.1. The molecule has 2 rings (SSSR count). The lowest BCUT2D eigenvalue weighted by Gasteiger charge is -2.27. The summed E-state index contributed by atoms with van der Waals surface area (Å²) in [5.74, 6) is -8.36. The van der Waals surface area contributed by atoms with Crippen molar-refractivity contribution in [1.82, 2.24) is 36.4 Å². The van der Waals surface area contributed by atoms with E-state index in [1.165, 1.54) is 11.8 Å². The first-order valence-electron chi connectivity index (χ1n) is 16.7. The minimum absolute atomic E-state index is 0.0726. The van der Waals surface area contributed by atoms with Crippen LogP contribution in [0.2, 0.25) is 0 Å². The monoisotopic (exact) mass is 727 g/mol. The van der Waals surface area contributed by atoms with E-state index in [9.17, 15) is 58.5 Å². The number of aliphatic carboxylic acids is 2. The van der Waals surface area contributed by atoms with Gasteiger partial charge in [-0.3, -0.25) is 38.4 Å². The maximum atomic E-state index is 13.3. The van der Waals surface area contributed by atoms with Gasteiger partial charge < -0.3 is 63.2 Å². The number of carbonyl (C=O) groups excluding carboxylic acids is 7. The molecule has 2 aliphatic heterocycles. The summed E-state index contributed by atoms with van der Waals surface area (Å²) in [5.41, 5.74) is 11.0. The maximum absolute atomic E-state index is 13.3. The number of hydrogen-bond acceptors (Lipinski definition) is 12. The molecular weight excluding hydrogens is 678 g/mol. The molecule has 6 atom stereocenters. The van der Waals surface area contributed by atoms with E-state index >= 15 is 0 Å². The maximum Gasteiger partial charge on any atom is 0.326 e. The summed E-state index contributed by atoms with van der Waals surface area (Å²) in [6.45, 7) is 0.0467. The number of rotatable bonds is 20. The standard InChI is InChI=1S/C30H49N9O12/c1-16(29(49)39-11-5-8-21(39)30(50)51)34-27(47)19(15-40)35-22(41)14-33-25(45)18(12-24(43)44)37-26(46)17(6-2-3-9-31)36-28(48)20-7-4-10-38(20)23(42)13-32/h16-21,40H,2-15,31-32H2,1H3,(H,33,45)(H,34,47)(H,35,41)(H,36,48)(H,37,46)(H,43,44)(H,50,51)/t16-,17-,18-,19-,20-,21-/m0/s1. The predicted molar refractivity (Wildman–Crippen MR) is 175 cm³/mol. The Morgan fingerprint density at radius 1 is 0.765 bits per heavy atom. The third-order valence-electron chi connectivity index (χ3n) is 8.45. The molecule has 0 unspecified atom stereocenters. The molecule has 2 fully saturated rings. The second-order valence-electron chi connectivity index (χ2n) is 12.2. The Balaban J connectivity index is 2.01. The van der Waals surface area contributed by atoms with Crippen LogP contribution in [0.4, 0.5) is 0 Å². The van der Waals surface area contributed by atoms with E-state index in [0.29, 0.717) is 38.6 Å². The van der Waals surface area contributed by atoms with Crippen molar-refractivity contribution in [3.05, 3.63) is 0 Å². The number of carbonyl (C=O) groups is 9. The van der Waals surface area contributed by atoms with E-state index in [1.54, 1.807) is 0 Å². The molecule has 286 valence electrons. The number of nitrogens with one attached hydrogen (secondary N) is 5.